The van der Waals surface area contributed by atoms with Gasteiger partial charge in [0.2, 0.25) is 0 Å². The van der Waals surface area contributed by atoms with Gasteiger partial charge in [-0.1, -0.05) is 6.07 Å². The van der Waals surface area contributed by atoms with Crippen molar-refractivity contribution >= 4 is 6.03 Å². The molecule has 0 saturated carbocycles. The fraction of sp³-hybridized carbons (Fsp3) is 0.375. The van der Waals surface area contributed by atoms with E-state index in [0.29, 0.717) is 24.6 Å². The van der Waals surface area contributed by atoms with Crippen molar-refractivity contribution < 1.29 is 14.3 Å². The van der Waals surface area contributed by atoms with Crippen molar-refractivity contribution in [3.8, 4) is 11.5 Å². The Labute approximate surface area is 135 Å². The second kappa shape index (κ2) is 8.07. The van der Waals surface area contributed by atoms with E-state index in [4.69, 9.17) is 9.47 Å². The highest BCUT2D eigenvalue weighted by molar-refractivity contribution is 5.74. The molecule has 1 heterocycles. The van der Waals surface area contributed by atoms with Crippen LogP contribution in [0.4, 0.5) is 4.79 Å². The molecule has 1 aromatic carbocycles. The lowest BCUT2D eigenvalue weighted by atomic mass is 10.2. The zero-order chi connectivity index (χ0) is 16.7. The van der Waals surface area contributed by atoms with Gasteiger partial charge in [-0.2, -0.15) is 5.10 Å². The van der Waals surface area contributed by atoms with Crippen LogP contribution < -0.4 is 20.1 Å². The van der Waals surface area contributed by atoms with E-state index < -0.39 is 0 Å². The molecule has 0 saturated heterocycles. The van der Waals surface area contributed by atoms with Gasteiger partial charge in [0, 0.05) is 25.0 Å². The minimum atomic E-state index is -0.223. The average Bonchev–Trinajstić information content (AvgIpc) is 3.05. The lowest BCUT2D eigenvalue weighted by molar-refractivity contribution is 0.235. The van der Waals surface area contributed by atoms with Crippen LogP contribution in [-0.4, -0.2) is 36.1 Å². The highest BCUT2D eigenvalue weighted by Crippen LogP contribution is 2.27. The monoisotopic (exact) mass is 318 g/mol. The number of aromatic nitrogens is 2. The van der Waals surface area contributed by atoms with Gasteiger partial charge >= 0.3 is 6.03 Å². The summed E-state index contributed by atoms with van der Waals surface area (Å²) in [5.74, 6) is 1.30. The third-order valence-corrected chi connectivity index (χ3v) is 3.30. The Balaban J connectivity index is 1.82. The number of nitrogens with zero attached hydrogens (tertiary/aromatic N) is 2. The minimum Gasteiger partial charge on any atom is -0.493 e. The van der Waals surface area contributed by atoms with Gasteiger partial charge in [0.05, 0.1) is 20.8 Å². The topological polar surface area (TPSA) is 77.4 Å². The summed E-state index contributed by atoms with van der Waals surface area (Å²) >= 11 is 0. The Kier molecular flexibility index (Phi) is 5.85. The average molecular weight is 318 g/mol. The molecule has 1 unspecified atom stereocenters. The third kappa shape index (κ3) is 4.91. The smallest absolute Gasteiger partial charge is 0.315 e. The summed E-state index contributed by atoms with van der Waals surface area (Å²) in [5, 5.41) is 9.81. The van der Waals surface area contributed by atoms with Crippen LogP contribution in [0.3, 0.4) is 0 Å². The molecule has 7 heteroatoms. The number of amides is 2. The van der Waals surface area contributed by atoms with E-state index in [0.717, 1.165) is 5.56 Å². The number of benzene rings is 1. The number of methoxy groups -OCH3 is 2. The molecule has 0 aliphatic rings. The first-order chi connectivity index (χ1) is 11.1. The summed E-state index contributed by atoms with van der Waals surface area (Å²) in [5.41, 5.74) is 0.928. The molecule has 0 fully saturated rings. The molecule has 2 rings (SSSR count). The predicted octanol–water partition coefficient (Wildman–Crippen LogP) is 1.79. The molecule has 23 heavy (non-hydrogen) atoms. The maximum Gasteiger partial charge on any atom is 0.315 e. The summed E-state index contributed by atoms with van der Waals surface area (Å²) in [6.45, 7) is 2.95. The van der Waals surface area contributed by atoms with Crippen LogP contribution >= 0.6 is 0 Å². The fourth-order valence-corrected chi connectivity index (χ4v) is 2.18. The highest BCUT2D eigenvalue weighted by atomic mass is 16.5. The van der Waals surface area contributed by atoms with Gasteiger partial charge in [-0.25, -0.2) is 4.79 Å². The number of hydrogen-bond donors (Lipinski definition) is 2. The summed E-state index contributed by atoms with van der Waals surface area (Å²) in [4.78, 5) is 11.9. The third-order valence-electron chi connectivity index (χ3n) is 3.30. The van der Waals surface area contributed by atoms with Gasteiger partial charge in [-0.15, -0.1) is 0 Å². The van der Waals surface area contributed by atoms with Crippen LogP contribution in [0.2, 0.25) is 0 Å². The molecule has 0 spiro atoms. The first-order valence-corrected chi connectivity index (χ1v) is 7.35. The van der Waals surface area contributed by atoms with E-state index >= 15 is 0 Å². The largest absolute Gasteiger partial charge is 0.493 e. The molecule has 1 atom stereocenters. The van der Waals surface area contributed by atoms with Gasteiger partial charge < -0.3 is 20.1 Å². The number of hydrogen-bond acceptors (Lipinski definition) is 4. The molecule has 2 aromatic rings. The number of ether oxygens (including phenoxy) is 2. The molecule has 0 aliphatic carbocycles. The lowest BCUT2D eigenvalue weighted by Gasteiger charge is -2.15. The summed E-state index contributed by atoms with van der Waals surface area (Å²) in [6, 6.07) is 7.14. The molecule has 1 aromatic heterocycles. The second-order valence-corrected chi connectivity index (χ2v) is 5.15. The standard InChI is InChI=1S/C16H22N4O3/c1-12(11-20-8-4-7-18-20)19-16(21)17-10-13-5-6-14(22-2)15(9-13)23-3/h4-9,12H,10-11H2,1-3H3,(H2,17,19,21). The molecular weight excluding hydrogens is 296 g/mol. The SMILES string of the molecule is COc1ccc(CNC(=O)NC(C)Cn2cccn2)cc1OC. The molecule has 0 radical (unpaired) electrons. The summed E-state index contributed by atoms with van der Waals surface area (Å²) < 4.78 is 12.2. The van der Waals surface area contributed by atoms with Gasteiger partial charge in [0.25, 0.3) is 0 Å². The van der Waals surface area contributed by atoms with E-state index in [1.165, 1.54) is 0 Å². The number of nitrogens with one attached hydrogen (secondary N) is 2. The Morgan fingerprint density at radius 1 is 1.30 bits per heavy atom. The summed E-state index contributed by atoms with van der Waals surface area (Å²) in [7, 11) is 3.17. The molecule has 2 N–H and O–H groups in total. The zero-order valence-corrected chi connectivity index (χ0v) is 13.6. The number of carbonyl (C=O) groups is 1. The van der Waals surface area contributed by atoms with Crippen molar-refractivity contribution in [3.05, 3.63) is 42.2 Å². The van der Waals surface area contributed by atoms with E-state index in [9.17, 15) is 4.79 Å². The molecule has 7 nitrogen and oxygen atoms in total. The van der Waals surface area contributed by atoms with Crippen molar-refractivity contribution in [2.75, 3.05) is 14.2 Å². The van der Waals surface area contributed by atoms with Crippen LogP contribution in [0.5, 0.6) is 11.5 Å². The van der Waals surface area contributed by atoms with Crippen molar-refractivity contribution in [1.82, 2.24) is 20.4 Å². The predicted molar refractivity (Wildman–Crippen MR) is 86.6 cm³/mol. The highest BCUT2D eigenvalue weighted by Gasteiger charge is 2.09. The van der Waals surface area contributed by atoms with Crippen molar-refractivity contribution in [2.45, 2.75) is 26.1 Å². The number of carbonyl (C=O) groups excluding carboxylic acids is 1. The second-order valence-electron chi connectivity index (χ2n) is 5.15. The van der Waals surface area contributed by atoms with Crippen LogP contribution in [0.1, 0.15) is 12.5 Å². The normalized spacial score (nSPS) is 11.6. The van der Waals surface area contributed by atoms with Crippen LogP contribution in [0, 0.1) is 0 Å². The van der Waals surface area contributed by atoms with E-state index in [-0.39, 0.29) is 12.1 Å². The minimum absolute atomic E-state index is 0.0275. The maximum atomic E-state index is 11.9. The van der Waals surface area contributed by atoms with E-state index in [1.807, 2.05) is 37.4 Å². The number of rotatable bonds is 7. The van der Waals surface area contributed by atoms with Crippen molar-refractivity contribution in [1.29, 1.82) is 0 Å². The quantitative estimate of drug-likeness (QED) is 0.816. The fourth-order valence-electron chi connectivity index (χ4n) is 2.18. The van der Waals surface area contributed by atoms with Gasteiger partial charge in [0.15, 0.2) is 11.5 Å². The molecule has 2 amide bonds. The molecule has 124 valence electrons. The molecular formula is C16H22N4O3. The van der Waals surface area contributed by atoms with Gasteiger partial charge in [-0.05, 0) is 30.7 Å². The maximum absolute atomic E-state index is 11.9. The van der Waals surface area contributed by atoms with E-state index in [2.05, 4.69) is 15.7 Å². The van der Waals surface area contributed by atoms with E-state index in [1.54, 1.807) is 25.1 Å². The van der Waals surface area contributed by atoms with Crippen molar-refractivity contribution in [3.63, 3.8) is 0 Å². The Bertz CT molecular complexity index is 628. The van der Waals surface area contributed by atoms with Gasteiger partial charge in [-0.3, -0.25) is 4.68 Å². The Hall–Kier alpha value is -2.70. The first-order valence-electron chi connectivity index (χ1n) is 7.35. The van der Waals surface area contributed by atoms with Crippen LogP contribution in [0.15, 0.2) is 36.7 Å². The first kappa shape index (κ1) is 16.7. The van der Waals surface area contributed by atoms with Crippen LogP contribution in [0.25, 0.3) is 0 Å². The number of urea groups is 1. The summed E-state index contributed by atoms with van der Waals surface area (Å²) in [6.07, 6.45) is 3.57. The molecule has 0 bridgehead atoms. The van der Waals surface area contributed by atoms with Crippen molar-refractivity contribution in [2.24, 2.45) is 0 Å². The zero-order valence-electron chi connectivity index (χ0n) is 13.6. The molecule has 0 aliphatic heterocycles. The van der Waals surface area contributed by atoms with Crippen LogP contribution in [-0.2, 0) is 13.1 Å². The Morgan fingerprint density at radius 3 is 2.74 bits per heavy atom. The Morgan fingerprint density at radius 2 is 2.09 bits per heavy atom. The van der Waals surface area contributed by atoms with Gasteiger partial charge in [0.1, 0.15) is 0 Å². The lowest BCUT2D eigenvalue weighted by Crippen LogP contribution is -2.42.